The first-order valence-corrected chi connectivity index (χ1v) is 7.91. The minimum absolute atomic E-state index is 0.0879. The third-order valence-corrected chi connectivity index (χ3v) is 3.50. The third kappa shape index (κ3) is 4.94. The standard InChI is InChI=1S/C18H20N2O5/c1-3-4-10-25-16-9-8-13(11-17(16)24-2)18(21)19-14-6-5-7-15(12-14)20(22)23/h5-9,11-12H,3-4,10H2,1-2H3,(H,19,21). The summed E-state index contributed by atoms with van der Waals surface area (Å²) < 4.78 is 10.9. The average Bonchev–Trinajstić information content (AvgIpc) is 2.62. The largest absolute Gasteiger partial charge is 0.493 e. The van der Waals surface area contributed by atoms with E-state index in [4.69, 9.17) is 9.47 Å². The van der Waals surface area contributed by atoms with Crippen molar-refractivity contribution < 1.29 is 19.2 Å². The molecule has 1 N–H and O–H groups in total. The molecule has 1 amide bonds. The highest BCUT2D eigenvalue weighted by atomic mass is 16.6. The molecule has 0 unspecified atom stereocenters. The van der Waals surface area contributed by atoms with E-state index in [0.29, 0.717) is 29.4 Å². The Balaban J connectivity index is 2.13. The molecule has 0 fully saturated rings. The molecule has 2 rings (SSSR count). The van der Waals surface area contributed by atoms with Crippen LogP contribution in [0.25, 0.3) is 0 Å². The Kier molecular flexibility index (Phi) is 6.33. The van der Waals surface area contributed by atoms with Crippen molar-refractivity contribution in [1.29, 1.82) is 0 Å². The van der Waals surface area contributed by atoms with E-state index in [2.05, 4.69) is 12.2 Å². The van der Waals surface area contributed by atoms with Crippen molar-refractivity contribution in [2.45, 2.75) is 19.8 Å². The third-order valence-electron chi connectivity index (χ3n) is 3.50. The van der Waals surface area contributed by atoms with Crippen LogP contribution in [-0.2, 0) is 0 Å². The number of nitro groups is 1. The zero-order chi connectivity index (χ0) is 18.2. The van der Waals surface area contributed by atoms with Crippen molar-refractivity contribution in [2.75, 3.05) is 19.0 Å². The Bertz CT molecular complexity index is 761. The number of carbonyl (C=O) groups is 1. The molecule has 2 aromatic rings. The Labute approximate surface area is 145 Å². The van der Waals surface area contributed by atoms with E-state index in [1.807, 2.05) is 0 Å². The summed E-state index contributed by atoms with van der Waals surface area (Å²) in [5.74, 6) is 0.643. The van der Waals surface area contributed by atoms with Gasteiger partial charge in [-0.05, 0) is 30.7 Å². The number of methoxy groups -OCH3 is 1. The van der Waals surface area contributed by atoms with E-state index in [1.54, 1.807) is 24.3 Å². The molecule has 0 saturated heterocycles. The number of non-ortho nitro benzene ring substituents is 1. The summed E-state index contributed by atoms with van der Waals surface area (Å²) >= 11 is 0. The van der Waals surface area contributed by atoms with Gasteiger partial charge in [0.2, 0.25) is 0 Å². The molecule has 0 aromatic heterocycles. The molecule has 2 aromatic carbocycles. The molecular formula is C18H20N2O5. The molecule has 0 aliphatic heterocycles. The van der Waals surface area contributed by atoms with E-state index in [9.17, 15) is 14.9 Å². The van der Waals surface area contributed by atoms with Crippen LogP contribution in [0.5, 0.6) is 11.5 Å². The van der Waals surface area contributed by atoms with Crippen LogP contribution in [0.1, 0.15) is 30.1 Å². The molecule has 0 spiro atoms. The lowest BCUT2D eigenvalue weighted by atomic mass is 10.1. The summed E-state index contributed by atoms with van der Waals surface area (Å²) in [6.07, 6.45) is 1.95. The number of carbonyl (C=O) groups excluding carboxylic acids is 1. The highest BCUT2D eigenvalue weighted by molar-refractivity contribution is 6.04. The highest BCUT2D eigenvalue weighted by Gasteiger charge is 2.13. The smallest absolute Gasteiger partial charge is 0.271 e. The van der Waals surface area contributed by atoms with Crippen LogP contribution in [0.2, 0.25) is 0 Å². The fourth-order valence-electron chi connectivity index (χ4n) is 2.16. The maximum atomic E-state index is 12.4. The Morgan fingerprint density at radius 1 is 1.20 bits per heavy atom. The lowest BCUT2D eigenvalue weighted by molar-refractivity contribution is -0.384. The average molecular weight is 344 g/mol. The number of ether oxygens (including phenoxy) is 2. The molecule has 0 saturated carbocycles. The first-order valence-electron chi connectivity index (χ1n) is 7.91. The SMILES string of the molecule is CCCCOc1ccc(C(=O)Nc2cccc([N+](=O)[O-])c2)cc1OC. The number of nitro benzene ring substituents is 1. The van der Waals surface area contributed by atoms with Gasteiger partial charge in [-0.15, -0.1) is 0 Å². The minimum Gasteiger partial charge on any atom is -0.493 e. The second-order valence-corrected chi connectivity index (χ2v) is 5.33. The summed E-state index contributed by atoms with van der Waals surface area (Å²) in [4.78, 5) is 22.6. The zero-order valence-electron chi connectivity index (χ0n) is 14.2. The summed E-state index contributed by atoms with van der Waals surface area (Å²) in [5.41, 5.74) is 0.627. The Morgan fingerprint density at radius 2 is 2.00 bits per heavy atom. The lowest BCUT2D eigenvalue weighted by Gasteiger charge is -2.12. The molecule has 25 heavy (non-hydrogen) atoms. The maximum absolute atomic E-state index is 12.4. The predicted octanol–water partition coefficient (Wildman–Crippen LogP) is 4.03. The number of nitrogens with one attached hydrogen (secondary N) is 1. The molecule has 0 bridgehead atoms. The number of benzene rings is 2. The molecule has 0 aliphatic rings. The molecule has 7 nitrogen and oxygen atoms in total. The summed E-state index contributed by atoms with van der Waals surface area (Å²) in [6, 6.07) is 10.6. The monoisotopic (exact) mass is 344 g/mol. The van der Waals surface area contributed by atoms with E-state index in [0.717, 1.165) is 12.8 Å². The van der Waals surface area contributed by atoms with Crippen molar-refractivity contribution in [3.63, 3.8) is 0 Å². The van der Waals surface area contributed by atoms with Crippen molar-refractivity contribution in [1.82, 2.24) is 0 Å². The minimum atomic E-state index is -0.513. The molecule has 132 valence electrons. The summed E-state index contributed by atoms with van der Waals surface area (Å²) in [5, 5.41) is 13.4. The van der Waals surface area contributed by atoms with E-state index in [1.165, 1.54) is 25.3 Å². The molecule has 7 heteroatoms. The highest BCUT2D eigenvalue weighted by Crippen LogP contribution is 2.29. The van der Waals surface area contributed by atoms with Gasteiger partial charge >= 0.3 is 0 Å². The first-order chi connectivity index (χ1) is 12.0. The van der Waals surface area contributed by atoms with Gasteiger partial charge < -0.3 is 14.8 Å². The van der Waals surface area contributed by atoms with Gasteiger partial charge in [0.05, 0.1) is 18.6 Å². The topological polar surface area (TPSA) is 90.7 Å². The zero-order valence-corrected chi connectivity index (χ0v) is 14.2. The van der Waals surface area contributed by atoms with Gasteiger partial charge in [0, 0.05) is 23.4 Å². The number of amides is 1. The number of rotatable bonds is 8. The number of nitrogens with zero attached hydrogens (tertiary/aromatic N) is 1. The van der Waals surface area contributed by atoms with Crippen LogP contribution in [-0.4, -0.2) is 24.5 Å². The van der Waals surface area contributed by atoms with Crippen molar-refractivity contribution >= 4 is 17.3 Å². The van der Waals surface area contributed by atoms with Crippen molar-refractivity contribution in [2.24, 2.45) is 0 Å². The van der Waals surface area contributed by atoms with Gasteiger partial charge in [0.1, 0.15) is 0 Å². The van der Waals surface area contributed by atoms with Crippen LogP contribution < -0.4 is 14.8 Å². The van der Waals surface area contributed by atoms with Crippen molar-refractivity contribution in [3.05, 3.63) is 58.1 Å². The first kappa shape index (κ1) is 18.3. The number of hydrogen-bond acceptors (Lipinski definition) is 5. The number of hydrogen-bond donors (Lipinski definition) is 1. The Hall–Kier alpha value is -3.09. The Morgan fingerprint density at radius 3 is 2.68 bits per heavy atom. The predicted molar refractivity (Wildman–Crippen MR) is 94.4 cm³/mol. The van der Waals surface area contributed by atoms with Crippen LogP contribution in [0.3, 0.4) is 0 Å². The van der Waals surface area contributed by atoms with E-state index in [-0.39, 0.29) is 11.6 Å². The van der Waals surface area contributed by atoms with E-state index < -0.39 is 4.92 Å². The molecule has 0 radical (unpaired) electrons. The summed E-state index contributed by atoms with van der Waals surface area (Å²) in [6.45, 7) is 2.65. The van der Waals surface area contributed by atoms with Crippen LogP contribution in [0, 0.1) is 10.1 Å². The maximum Gasteiger partial charge on any atom is 0.271 e. The second kappa shape index (κ2) is 8.68. The fraction of sp³-hybridized carbons (Fsp3) is 0.278. The second-order valence-electron chi connectivity index (χ2n) is 5.33. The normalized spacial score (nSPS) is 10.2. The van der Waals surface area contributed by atoms with Gasteiger partial charge in [0.25, 0.3) is 11.6 Å². The molecule has 0 heterocycles. The molecule has 0 aliphatic carbocycles. The number of anilines is 1. The number of unbranched alkanes of at least 4 members (excludes halogenated alkanes) is 1. The van der Waals surface area contributed by atoms with Gasteiger partial charge in [-0.3, -0.25) is 14.9 Å². The van der Waals surface area contributed by atoms with Gasteiger partial charge in [0.15, 0.2) is 11.5 Å². The van der Waals surface area contributed by atoms with Gasteiger partial charge in [-0.2, -0.15) is 0 Å². The van der Waals surface area contributed by atoms with Crippen LogP contribution in [0.4, 0.5) is 11.4 Å². The quantitative estimate of drug-likeness (QED) is 0.443. The summed E-state index contributed by atoms with van der Waals surface area (Å²) in [7, 11) is 1.50. The van der Waals surface area contributed by atoms with Crippen LogP contribution in [0.15, 0.2) is 42.5 Å². The van der Waals surface area contributed by atoms with Gasteiger partial charge in [-0.25, -0.2) is 0 Å². The lowest BCUT2D eigenvalue weighted by Crippen LogP contribution is -2.12. The van der Waals surface area contributed by atoms with Gasteiger partial charge in [-0.1, -0.05) is 19.4 Å². The molecule has 0 atom stereocenters. The van der Waals surface area contributed by atoms with Crippen molar-refractivity contribution in [3.8, 4) is 11.5 Å². The van der Waals surface area contributed by atoms with E-state index >= 15 is 0 Å². The molecular weight excluding hydrogens is 324 g/mol. The van der Waals surface area contributed by atoms with Crippen LogP contribution >= 0.6 is 0 Å². The fourth-order valence-corrected chi connectivity index (χ4v) is 2.16.